The standard InChI is InChI=1S/C18H18N2O5/c1-3-24-17-9-13-7-11(2)25-16(13)10-15(17)19-18(21)12-5-4-6-14(8-12)20(22)23/h4-6,8-11H,3,7H2,1-2H3,(H,19,21)/t11-/m1/s1. The lowest BCUT2D eigenvalue weighted by Crippen LogP contribution is -2.13. The minimum Gasteiger partial charge on any atom is -0.492 e. The quantitative estimate of drug-likeness (QED) is 0.662. The van der Waals surface area contributed by atoms with E-state index in [4.69, 9.17) is 9.47 Å². The fourth-order valence-electron chi connectivity index (χ4n) is 2.77. The van der Waals surface area contributed by atoms with E-state index in [-0.39, 0.29) is 17.4 Å². The normalized spacial score (nSPS) is 15.2. The highest BCUT2D eigenvalue weighted by molar-refractivity contribution is 6.05. The third-order valence-electron chi connectivity index (χ3n) is 3.87. The number of rotatable bonds is 5. The van der Waals surface area contributed by atoms with Crippen LogP contribution in [-0.4, -0.2) is 23.5 Å². The molecule has 1 amide bonds. The van der Waals surface area contributed by atoms with Crippen molar-refractivity contribution in [1.82, 2.24) is 0 Å². The Morgan fingerprint density at radius 3 is 2.92 bits per heavy atom. The highest BCUT2D eigenvalue weighted by atomic mass is 16.6. The maximum Gasteiger partial charge on any atom is 0.270 e. The summed E-state index contributed by atoms with van der Waals surface area (Å²) in [7, 11) is 0. The molecule has 0 saturated carbocycles. The van der Waals surface area contributed by atoms with Gasteiger partial charge in [-0.05, 0) is 26.0 Å². The summed E-state index contributed by atoms with van der Waals surface area (Å²) in [5, 5.41) is 13.6. The van der Waals surface area contributed by atoms with Gasteiger partial charge in [-0.1, -0.05) is 6.07 Å². The summed E-state index contributed by atoms with van der Waals surface area (Å²) >= 11 is 0. The molecule has 0 fully saturated rings. The van der Waals surface area contributed by atoms with E-state index in [1.54, 1.807) is 6.07 Å². The van der Waals surface area contributed by atoms with Crippen molar-refractivity contribution in [2.24, 2.45) is 0 Å². The first-order valence-electron chi connectivity index (χ1n) is 8.00. The minimum absolute atomic E-state index is 0.0761. The van der Waals surface area contributed by atoms with Crippen LogP contribution in [0.1, 0.15) is 29.8 Å². The van der Waals surface area contributed by atoms with Crippen molar-refractivity contribution in [2.75, 3.05) is 11.9 Å². The molecule has 3 rings (SSSR count). The van der Waals surface area contributed by atoms with Gasteiger partial charge in [-0.15, -0.1) is 0 Å². The van der Waals surface area contributed by atoms with Crippen molar-refractivity contribution in [3.05, 3.63) is 57.6 Å². The van der Waals surface area contributed by atoms with Gasteiger partial charge in [0.15, 0.2) is 0 Å². The summed E-state index contributed by atoms with van der Waals surface area (Å²) in [6.07, 6.45) is 0.862. The maximum absolute atomic E-state index is 12.5. The monoisotopic (exact) mass is 342 g/mol. The number of nitrogens with zero attached hydrogens (tertiary/aromatic N) is 1. The number of fused-ring (bicyclic) bond motifs is 1. The summed E-state index contributed by atoms with van der Waals surface area (Å²) in [4.78, 5) is 22.8. The molecule has 7 nitrogen and oxygen atoms in total. The summed E-state index contributed by atoms with van der Waals surface area (Å²) < 4.78 is 11.3. The lowest BCUT2D eigenvalue weighted by atomic mass is 10.1. The Hall–Kier alpha value is -3.09. The van der Waals surface area contributed by atoms with Crippen LogP contribution < -0.4 is 14.8 Å². The fraction of sp³-hybridized carbons (Fsp3) is 0.278. The van der Waals surface area contributed by atoms with E-state index in [2.05, 4.69) is 5.32 Å². The smallest absolute Gasteiger partial charge is 0.270 e. The van der Waals surface area contributed by atoms with Gasteiger partial charge >= 0.3 is 0 Å². The average Bonchev–Trinajstić information content (AvgIpc) is 2.94. The number of nitrogens with one attached hydrogen (secondary N) is 1. The molecule has 1 N–H and O–H groups in total. The zero-order valence-corrected chi connectivity index (χ0v) is 13.9. The van der Waals surface area contributed by atoms with Gasteiger partial charge in [0, 0.05) is 35.7 Å². The van der Waals surface area contributed by atoms with Gasteiger partial charge in [0.1, 0.15) is 17.6 Å². The number of benzene rings is 2. The van der Waals surface area contributed by atoms with Gasteiger partial charge in [0.2, 0.25) is 0 Å². The lowest BCUT2D eigenvalue weighted by Gasteiger charge is -2.13. The second-order valence-corrected chi connectivity index (χ2v) is 5.78. The van der Waals surface area contributed by atoms with Crippen LogP contribution >= 0.6 is 0 Å². The van der Waals surface area contributed by atoms with Crippen molar-refractivity contribution in [3.63, 3.8) is 0 Å². The van der Waals surface area contributed by atoms with E-state index < -0.39 is 10.8 Å². The highest BCUT2D eigenvalue weighted by Crippen LogP contribution is 2.38. The third kappa shape index (κ3) is 3.55. The van der Waals surface area contributed by atoms with Gasteiger partial charge in [-0.25, -0.2) is 0 Å². The fourth-order valence-corrected chi connectivity index (χ4v) is 2.77. The Bertz CT molecular complexity index is 834. The first-order valence-corrected chi connectivity index (χ1v) is 8.00. The van der Waals surface area contributed by atoms with Crippen LogP contribution in [0.2, 0.25) is 0 Å². The number of nitro groups is 1. The van der Waals surface area contributed by atoms with Crippen molar-refractivity contribution in [3.8, 4) is 11.5 Å². The zero-order valence-electron chi connectivity index (χ0n) is 13.9. The molecule has 0 spiro atoms. The van der Waals surface area contributed by atoms with E-state index in [0.29, 0.717) is 23.8 Å². The van der Waals surface area contributed by atoms with Crippen molar-refractivity contribution in [1.29, 1.82) is 0 Å². The van der Waals surface area contributed by atoms with Crippen molar-refractivity contribution in [2.45, 2.75) is 26.4 Å². The topological polar surface area (TPSA) is 90.7 Å². The summed E-state index contributed by atoms with van der Waals surface area (Å²) in [6.45, 7) is 4.29. The highest BCUT2D eigenvalue weighted by Gasteiger charge is 2.23. The van der Waals surface area contributed by atoms with Crippen molar-refractivity contribution >= 4 is 17.3 Å². The Labute approximate surface area is 144 Å². The van der Waals surface area contributed by atoms with Crippen LogP contribution in [0.25, 0.3) is 0 Å². The molecule has 130 valence electrons. The van der Waals surface area contributed by atoms with Crippen molar-refractivity contribution < 1.29 is 19.2 Å². The predicted octanol–water partition coefficient (Wildman–Crippen LogP) is 3.57. The molecule has 1 atom stereocenters. The molecule has 2 aromatic rings. The van der Waals surface area contributed by atoms with Crippen LogP contribution in [0.5, 0.6) is 11.5 Å². The number of non-ortho nitro benzene ring substituents is 1. The Balaban J connectivity index is 1.89. The zero-order chi connectivity index (χ0) is 18.0. The van der Waals surface area contributed by atoms with Crippen LogP contribution in [0.15, 0.2) is 36.4 Å². The molecule has 25 heavy (non-hydrogen) atoms. The number of anilines is 1. The van der Waals surface area contributed by atoms with Crippen LogP contribution in [0.4, 0.5) is 11.4 Å². The minimum atomic E-state index is -0.535. The van der Waals surface area contributed by atoms with Gasteiger partial charge in [-0.2, -0.15) is 0 Å². The number of nitro benzene ring substituents is 1. The lowest BCUT2D eigenvalue weighted by molar-refractivity contribution is -0.384. The Morgan fingerprint density at radius 2 is 2.20 bits per heavy atom. The average molecular weight is 342 g/mol. The number of hydrogen-bond donors (Lipinski definition) is 1. The summed E-state index contributed by atoms with van der Waals surface area (Å²) in [5.41, 5.74) is 1.57. The molecule has 7 heteroatoms. The third-order valence-corrected chi connectivity index (χ3v) is 3.87. The SMILES string of the molecule is CCOc1cc2c(cc1NC(=O)c1cccc([N+](=O)[O-])c1)O[C@H](C)C2. The van der Waals surface area contributed by atoms with Crippen LogP contribution in [-0.2, 0) is 6.42 Å². The summed E-state index contributed by atoms with van der Waals surface area (Å²) in [6, 6.07) is 9.18. The second kappa shape index (κ2) is 6.80. The van der Waals surface area contributed by atoms with Crippen LogP contribution in [0, 0.1) is 10.1 Å². The van der Waals surface area contributed by atoms with Crippen LogP contribution in [0.3, 0.4) is 0 Å². The van der Waals surface area contributed by atoms with Gasteiger partial charge < -0.3 is 14.8 Å². The molecule has 0 radical (unpaired) electrons. The number of amides is 1. The van der Waals surface area contributed by atoms with Gasteiger partial charge in [0.05, 0.1) is 17.2 Å². The second-order valence-electron chi connectivity index (χ2n) is 5.78. The molecule has 0 unspecified atom stereocenters. The molecular formula is C18H18N2O5. The predicted molar refractivity (Wildman–Crippen MR) is 92.5 cm³/mol. The maximum atomic E-state index is 12.5. The molecule has 2 aromatic carbocycles. The van der Waals surface area contributed by atoms with E-state index in [1.807, 2.05) is 19.9 Å². The molecular weight excluding hydrogens is 324 g/mol. The number of ether oxygens (including phenoxy) is 2. The Morgan fingerprint density at radius 1 is 1.40 bits per heavy atom. The summed E-state index contributed by atoms with van der Waals surface area (Å²) in [5.74, 6) is 0.818. The van der Waals surface area contributed by atoms with E-state index in [0.717, 1.165) is 12.0 Å². The molecule has 0 bridgehead atoms. The van der Waals surface area contributed by atoms with E-state index >= 15 is 0 Å². The van der Waals surface area contributed by atoms with Gasteiger partial charge in [0.25, 0.3) is 11.6 Å². The molecule has 0 saturated heterocycles. The number of carbonyl (C=O) groups excluding carboxylic acids is 1. The molecule has 0 aliphatic carbocycles. The molecule has 1 heterocycles. The first-order chi connectivity index (χ1) is 12.0. The van der Waals surface area contributed by atoms with Gasteiger partial charge in [-0.3, -0.25) is 14.9 Å². The number of hydrogen-bond acceptors (Lipinski definition) is 5. The van der Waals surface area contributed by atoms with E-state index in [1.165, 1.54) is 24.3 Å². The largest absolute Gasteiger partial charge is 0.492 e. The number of carbonyl (C=O) groups is 1. The molecule has 1 aliphatic heterocycles. The molecule has 0 aromatic heterocycles. The first kappa shape index (κ1) is 16.8. The van der Waals surface area contributed by atoms with E-state index in [9.17, 15) is 14.9 Å². The molecule has 1 aliphatic rings. The Kier molecular flexibility index (Phi) is 4.56.